The minimum atomic E-state index is -3.56. The van der Waals surface area contributed by atoms with Gasteiger partial charge in [-0.3, -0.25) is 4.79 Å². The number of aromatic nitrogens is 2. The van der Waals surface area contributed by atoms with Crippen LogP contribution in [0.15, 0.2) is 65.8 Å². The first-order valence-electron chi connectivity index (χ1n) is 9.92. The van der Waals surface area contributed by atoms with Gasteiger partial charge in [0, 0.05) is 43.3 Å². The molecule has 1 saturated heterocycles. The fraction of sp³-hybridized carbons (Fsp3) is 0.273. The predicted molar refractivity (Wildman–Crippen MR) is 115 cm³/mol. The molecule has 1 aliphatic rings. The molecular weight excluding hydrogens is 400 g/mol. The summed E-state index contributed by atoms with van der Waals surface area (Å²) >= 11 is 0. The van der Waals surface area contributed by atoms with Crippen LogP contribution in [0, 0.1) is 6.92 Å². The van der Waals surface area contributed by atoms with E-state index in [0.29, 0.717) is 30.9 Å². The van der Waals surface area contributed by atoms with Crippen molar-refractivity contribution < 1.29 is 13.2 Å². The van der Waals surface area contributed by atoms with Crippen molar-refractivity contribution in [1.82, 2.24) is 13.9 Å². The Kier molecular flexibility index (Phi) is 5.69. The summed E-state index contributed by atoms with van der Waals surface area (Å²) in [4.78, 5) is 17.0. The van der Waals surface area contributed by atoms with Crippen molar-refractivity contribution in [1.29, 1.82) is 0 Å². The third-order valence-electron chi connectivity index (χ3n) is 5.29. The average molecular weight is 425 g/mol. The summed E-state index contributed by atoms with van der Waals surface area (Å²) in [6.07, 6.45) is 5.43. The van der Waals surface area contributed by atoms with Crippen molar-refractivity contribution in [3.8, 4) is 0 Å². The third kappa shape index (κ3) is 4.29. The molecule has 3 aromatic rings. The van der Waals surface area contributed by atoms with E-state index in [4.69, 9.17) is 0 Å². The number of nitrogens with one attached hydrogen (secondary N) is 1. The van der Waals surface area contributed by atoms with Crippen molar-refractivity contribution in [3.63, 3.8) is 0 Å². The van der Waals surface area contributed by atoms with Gasteiger partial charge >= 0.3 is 0 Å². The number of carbonyl (C=O) groups is 1. The summed E-state index contributed by atoms with van der Waals surface area (Å²) in [6.45, 7) is 3.72. The summed E-state index contributed by atoms with van der Waals surface area (Å²) in [5.41, 5.74) is 2.06. The molecule has 156 valence electrons. The number of sulfonamides is 1. The summed E-state index contributed by atoms with van der Waals surface area (Å²) in [6, 6.07) is 13.8. The maximum absolute atomic E-state index is 12.7. The second-order valence-corrected chi connectivity index (χ2v) is 9.33. The van der Waals surface area contributed by atoms with Gasteiger partial charge < -0.3 is 9.88 Å². The number of imidazole rings is 1. The lowest BCUT2D eigenvalue weighted by molar-refractivity contribution is 0.102. The number of benzene rings is 2. The highest BCUT2D eigenvalue weighted by molar-refractivity contribution is 7.89. The van der Waals surface area contributed by atoms with Crippen LogP contribution in [0.5, 0.6) is 0 Å². The number of hydrogen-bond acceptors (Lipinski definition) is 4. The normalized spacial score (nSPS) is 14.7. The first-order chi connectivity index (χ1) is 14.4. The quantitative estimate of drug-likeness (QED) is 0.658. The largest absolute Gasteiger partial charge is 0.331 e. The molecule has 2 aromatic carbocycles. The fourth-order valence-electron chi connectivity index (χ4n) is 3.54. The van der Waals surface area contributed by atoms with Crippen molar-refractivity contribution in [3.05, 3.63) is 77.9 Å². The van der Waals surface area contributed by atoms with Crippen LogP contribution in [0.4, 0.5) is 5.69 Å². The van der Waals surface area contributed by atoms with Crippen LogP contribution in [-0.2, 0) is 16.6 Å². The number of hydrogen-bond donors (Lipinski definition) is 1. The van der Waals surface area contributed by atoms with Gasteiger partial charge in [-0.05, 0) is 55.7 Å². The SMILES string of the molecule is Cc1nccn1Cc1ccc(NC(=O)c2cccc(S(=O)(=O)N3CCCC3)c2)cc1. The van der Waals surface area contributed by atoms with Crippen molar-refractivity contribution >= 4 is 21.6 Å². The van der Waals surface area contributed by atoms with Gasteiger partial charge in [-0.15, -0.1) is 0 Å². The number of anilines is 1. The molecule has 1 aliphatic heterocycles. The molecule has 0 saturated carbocycles. The van der Waals surface area contributed by atoms with Crippen molar-refractivity contribution in [2.24, 2.45) is 0 Å². The molecule has 30 heavy (non-hydrogen) atoms. The molecule has 0 radical (unpaired) electrons. The highest BCUT2D eigenvalue weighted by Gasteiger charge is 2.27. The Balaban J connectivity index is 1.45. The summed E-state index contributed by atoms with van der Waals surface area (Å²) in [7, 11) is -3.56. The Morgan fingerprint density at radius 3 is 2.50 bits per heavy atom. The summed E-state index contributed by atoms with van der Waals surface area (Å²) < 4.78 is 29.0. The summed E-state index contributed by atoms with van der Waals surface area (Å²) in [5, 5.41) is 2.84. The van der Waals surface area contributed by atoms with Gasteiger partial charge in [-0.1, -0.05) is 18.2 Å². The number of aryl methyl sites for hydroxylation is 1. The predicted octanol–water partition coefficient (Wildman–Crippen LogP) is 3.28. The van der Waals surface area contributed by atoms with Crippen LogP contribution in [-0.4, -0.2) is 41.3 Å². The summed E-state index contributed by atoms with van der Waals surface area (Å²) in [5.74, 6) is 0.600. The monoisotopic (exact) mass is 424 g/mol. The zero-order valence-electron chi connectivity index (χ0n) is 16.8. The van der Waals surface area contributed by atoms with Crippen LogP contribution in [0.3, 0.4) is 0 Å². The average Bonchev–Trinajstić information content (AvgIpc) is 3.42. The fourth-order valence-corrected chi connectivity index (χ4v) is 5.10. The number of rotatable bonds is 6. The molecule has 0 spiro atoms. The molecule has 0 unspecified atom stereocenters. The first-order valence-corrected chi connectivity index (χ1v) is 11.4. The van der Waals surface area contributed by atoms with E-state index in [-0.39, 0.29) is 10.8 Å². The van der Waals surface area contributed by atoms with Crippen LogP contribution in [0.25, 0.3) is 0 Å². The second-order valence-electron chi connectivity index (χ2n) is 7.39. The molecule has 1 amide bonds. The van der Waals surface area contributed by atoms with Gasteiger partial charge in [0.25, 0.3) is 5.91 Å². The van der Waals surface area contributed by atoms with Crippen LogP contribution >= 0.6 is 0 Å². The van der Waals surface area contributed by atoms with E-state index in [2.05, 4.69) is 10.3 Å². The lowest BCUT2D eigenvalue weighted by atomic mass is 10.2. The number of amides is 1. The lowest BCUT2D eigenvalue weighted by Gasteiger charge is -2.16. The van der Waals surface area contributed by atoms with E-state index in [9.17, 15) is 13.2 Å². The van der Waals surface area contributed by atoms with Crippen LogP contribution in [0.1, 0.15) is 34.6 Å². The minimum Gasteiger partial charge on any atom is -0.331 e. The maximum Gasteiger partial charge on any atom is 0.255 e. The van der Waals surface area contributed by atoms with Crippen molar-refractivity contribution in [2.45, 2.75) is 31.2 Å². The van der Waals surface area contributed by atoms with Gasteiger partial charge in [-0.25, -0.2) is 13.4 Å². The second kappa shape index (κ2) is 8.41. The Bertz CT molecular complexity index is 1150. The first kappa shape index (κ1) is 20.3. The Morgan fingerprint density at radius 2 is 1.83 bits per heavy atom. The molecule has 1 fully saturated rings. The molecule has 8 heteroatoms. The Morgan fingerprint density at radius 1 is 1.10 bits per heavy atom. The van der Waals surface area contributed by atoms with Crippen LogP contribution < -0.4 is 5.32 Å². The minimum absolute atomic E-state index is 0.156. The molecule has 1 aromatic heterocycles. The standard InChI is InChI=1S/C22H24N4O3S/c1-17-23-11-14-25(17)16-18-7-9-20(10-8-18)24-22(27)19-5-4-6-21(15-19)30(28,29)26-12-2-3-13-26/h4-11,14-15H,2-3,12-13,16H2,1H3,(H,24,27). The van der Waals surface area contributed by atoms with E-state index in [1.807, 2.05) is 42.0 Å². The highest BCUT2D eigenvalue weighted by atomic mass is 32.2. The molecular formula is C22H24N4O3S. The van der Waals surface area contributed by atoms with E-state index < -0.39 is 10.0 Å². The van der Waals surface area contributed by atoms with Crippen molar-refractivity contribution in [2.75, 3.05) is 18.4 Å². The molecule has 4 rings (SSSR count). The van der Waals surface area contributed by atoms with E-state index in [1.165, 1.54) is 16.4 Å². The van der Waals surface area contributed by atoms with Gasteiger partial charge in [0.1, 0.15) is 5.82 Å². The van der Waals surface area contributed by atoms with Gasteiger partial charge in [0.15, 0.2) is 0 Å². The zero-order valence-corrected chi connectivity index (χ0v) is 17.6. The number of nitrogens with zero attached hydrogens (tertiary/aromatic N) is 3. The molecule has 7 nitrogen and oxygen atoms in total. The maximum atomic E-state index is 12.7. The molecule has 2 heterocycles. The van der Waals surface area contributed by atoms with E-state index >= 15 is 0 Å². The topological polar surface area (TPSA) is 84.3 Å². The molecule has 0 atom stereocenters. The smallest absolute Gasteiger partial charge is 0.255 e. The number of carbonyl (C=O) groups excluding carboxylic acids is 1. The Labute approximate surface area is 176 Å². The highest BCUT2D eigenvalue weighted by Crippen LogP contribution is 2.22. The van der Waals surface area contributed by atoms with Gasteiger partial charge in [-0.2, -0.15) is 4.31 Å². The third-order valence-corrected chi connectivity index (χ3v) is 7.18. The molecule has 1 N–H and O–H groups in total. The van der Waals surface area contributed by atoms with Gasteiger partial charge in [0.05, 0.1) is 4.90 Å². The molecule has 0 aliphatic carbocycles. The zero-order chi connectivity index (χ0) is 21.1. The van der Waals surface area contributed by atoms with Crippen LogP contribution in [0.2, 0.25) is 0 Å². The lowest BCUT2D eigenvalue weighted by Crippen LogP contribution is -2.28. The van der Waals surface area contributed by atoms with E-state index in [0.717, 1.165) is 24.2 Å². The molecule has 0 bridgehead atoms. The van der Waals surface area contributed by atoms with Gasteiger partial charge in [0.2, 0.25) is 10.0 Å². The van der Waals surface area contributed by atoms with E-state index in [1.54, 1.807) is 18.3 Å². The Hall–Kier alpha value is -2.97.